The zero-order valence-electron chi connectivity index (χ0n) is 16.3. The third-order valence-electron chi connectivity index (χ3n) is 5.36. The Morgan fingerprint density at radius 2 is 1.79 bits per heavy atom. The van der Waals surface area contributed by atoms with E-state index in [2.05, 4.69) is 4.98 Å². The minimum atomic E-state index is -0.265. The van der Waals surface area contributed by atoms with Crippen LogP contribution in [0.15, 0.2) is 53.3 Å². The first-order chi connectivity index (χ1) is 13.5. The number of piperidine rings is 1. The lowest BCUT2D eigenvalue weighted by molar-refractivity contribution is -0.130. The molecule has 1 saturated heterocycles. The molecule has 3 rings (SSSR count). The predicted octanol–water partition coefficient (Wildman–Crippen LogP) is 2.67. The molecule has 0 aliphatic carbocycles. The number of carbonyl (C=O) groups excluding carboxylic acids is 2. The van der Waals surface area contributed by atoms with Crippen molar-refractivity contribution in [3.63, 3.8) is 0 Å². The number of pyridine rings is 1. The number of nitrogens with zero attached hydrogens (tertiary/aromatic N) is 2. The monoisotopic (exact) mass is 381 g/mol. The van der Waals surface area contributed by atoms with E-state index < -0.39 is 0 Å². The maximum Gasteiger partial charge on any atom is 0.270 e. The fourth-order valence-corrected chi connectivity index (χ4v) is 3.63. The van der Waals surface area contributed by atoms with Gasteiger partial charge in [-0.3, -0.25) is 14.4 Å². The first kappa shape index (κ1) is 19.9. The van der Waals surface area contributed by atoms with E-state index in [0.717, 1.165) is 24.8 Å². The van der Waals surface area contributed by atoms with Crippen molar-refractivity contribution in [2.45, 2.75) is 32.2 Å². The van der Waals surface area contributed by atoms with Crippen LogP contribution in [-0.2, 0) is 11.3 Å². The Morgan fingerprint density at radius 1 is 1.07 bits per heavy atom. The molecule has 2 aromatic rings. The van der Waals surface area contributed by atoms with E-state index in [-0.39, 0.29) is 17.4 Å². The normalized spacial score (nSPS) is 14.7. The van der Waals surface area contributed by atoms with Gasteiger partial charge in [0.15, 0.2) is 0 Å². The van der Waals surface area contributed by atoms with Gasteiger partial charge < -0.3 is 14.8 Å². The highest BCUT2D eigenvalue weighted by molar-refractivity contribution is 5.92. The summed E-state index contributed by atoms with van der Waals surface area (Å²) in [6, 6.07) is 14.6. The average molecular weight is 381 g/mol. The summed E-state index contributed by atoms with van der Waals surface area (Å²) in [6.07, 6.45) is 3.16. The van der Waals surface area contributed by atoms with Crippen molar-refractivity contribution in [2.24, 2.45) is 5.92 Å². The molecule has 0 atom stereocenters. The fourth-order valence-electron chi connectivity index (χ4n) is 3.63. The number of aromatic amines is 1. The Labute approximate surface area is 165 Å². The Balaban J connectivity index is 1.42. The highest BCUT2D eigenvalue weighted by atomic mass is 16.2. The van der Waals surface area contributed by atoms with Gasteiger partial charge in [-0.1, -0.05) is 36.4 Å². The van der Waals surface area contributed by atoms with E-state index in [4.69, 9.17) is 0 Å². The molecule has 1 fully saturated rings. The van der Waals surface area contributed by atoms with E-state index in [1.54, 1.807) is 21.9 Å². The lowest BCUT2D eigenvalue weighted by Crippen LogP contribution is -2.39. The second-order valence-corrected chi connectivity index (χ2v) is 7.44. The molecule has 0 saturated carbocycles. The van der Waals surface area contributed by atoms with Crippen molar-refractivity contribution in [1.82, 2.24) is 14.8 Å². The standard InChI is InChI=1S/C22H27N3O3/c1-24(16-18-6-3-2-4-7-18)21(27)11-10-17-12-14-25(15-13-17)22(28)19-8-5-9-20(26)23-19/h2-9,17H,10-16H2,1H3,(H,23,26). The summed E-state index contributed by atoms with van der Waals surface area (Å²) in [5, 5.41) is 0. The van der Waals surface area contributed by atoms with Gasteiger partial charge in [0.25, 0.3) is 5.91 Å². The largest absolute Gasteiger partial charge is 0.341 e. The number of hydrogen-bond donors (Lipinski definition) is 1. The maximum atomic E-state index is 12.5. The molecule has 0 spiro atoms. The van der Waals surface area contributed by atoms with E-state index in [0.29, 0.717) is 37.7 Å². The van der Waals surface area contributed by atoms with Crippen molar-refractivity contribution in [2.75, 3.05) is 20.1 Å². The van der Waals surface area contributed by atoms with Crippen molar-refractivity contribution in [3.8, 4) is 0 Å². The summed E-state index contributed by atoms with van der Waals surface area (Å²) in [5.41, 5.74) is 1.20. The molecule has 1 aliphatic heterocycles. The van der Waals surface area contributed by atoms with E-state index in [1.165, 1.54) is 6.07 Å². The Kier molecular flexibility index (Phi) is 6.63. The molecular weight excluding hydrogens is 354 g/mol. The summed E-state index contributed by atoms with van der Waals surface area (Å²) in [5.74, 6) is 0.479. The van der Waals surface area contributed by atoms with Crippen LogP contribution in [0.1, 0.15) is 41.7 Å². The first-order valence-electron chi connectivity index (χ1n) is 9.79. The van der Waals surface area contributed by atoms with Gasteiger partial charge in [-0.05, 0) is 36.8 Å². The summed E-state index contributed by atoms with van der Waals surface area (Å²) >= 11 is 0. The molecular formula is C22H27N3O3. The summed E-state index contributed by atoms with van der Waals surface area (Å²) < 4.78 is 0. The highest BCUT2D eigenvalue weighted by Gasteiger charge is 2.24. The van der Waals surface area contributed by atoms with Gasteiger partial charge in [-0.2, -0.15) is 0 Å². The van der Waals surface area contributed by atoms with Gasteiger partial charge in [0, 0.05) is 39.2 Å². The Hall–Kier alpha value is -2.89. The highest BCUT2D eigenvalue weighted by Crippen LogP contribution is 2.23. The molecule has 1 aromatic carbocycles. The lowest BCUT2D eigenvalue weighted by Gasteiger charge is -2.32. The lowest BCUT2D eigenvalue weighted by atomic mass is 9.91. The molecule has 0 unspecified atom stereocenters. The van der Waals surface area contributed by atoms with Gasteiger partial charge in [0.2, 0.25) is 11.5 Å². The van der Waals surface area contributed by atoms with Crippen LogP contribution in [-0.4, -0.2) is 46.7 Å². The van der Waals surface area contributed by atoms with Crippen LogP contribution in [0, 0.1) is 5.92 Å². The van der Waals surface area contributed by atoms with Crippen molar-refractivity contribution >= 4 is 11.8 Å². The maximum absolute atomic E-state index is 12.5. The quantitative estimate of drug-likeness (QED) is 0.836. The van der Waals surface area contributed by atoms with Crippen LogP contribution >= 0.6 is 0 Å². The molecule has 148 valence electrons. The zero-order valence-corrected chi connectivity index (χ0v) is 16.3. The Bertz CT molecular complexity index is 855. The van der Waals surface area contributed by atoms with Crippen LogP contribution in [0.2, 0.25) is 0 Å². The second kappa shape index (κ2) is 9.35. The number of hydrogen-bond acceptors (Lipinski definition) is 3. The molecule has 28 heavy (non-hydrogen) atoms. The Morgan fingerprint density at radius 3 is 2.46 bits per heavy atom. The molecule has 0 bridgehead atoms. The number of benzene rings is 1. The predicted molar refractivity (Wildman–Crippen MR) is 108 cm³/mol. The molecule has 6 nitrogen and oxygen atoms in total. The number of aromatic nitrogens is 1. The molecule has 2 amide bonds. The number of likely N-dealkylation sites (tertiary alicyclic amines) is 1. The number of nitrogens with one attached hydrogen (secondary N) is 1. The third kappa shape index (κ3) is 5.31. The van der Waals surface area contributed by atoms with Crippen molar-refractivity contribution in [3.05, 3.63) is 70.1 Å². The minimum Gasteiger partial charge on any atom is -0.341 e. The zero-order chi connectivity index (χ0) is 19.9. The fraction of sp³-hybridized carbons (Fsp3) is 0.409. The molecule has 1 N–H and O–H groups in total. The van der Waals surface area contributed by atoms with Crippen molar-refractivity contribution < 1.29 is 9.59 Å². The van der Waals surface area contributed by atoms with Gasteiger partial charge in [0.05, 0.1) is 0 Å². The van der Waals surface area contributed by atoms with Crippen LogP contribution in [0.3, 0.4) is 0 Å². The second-order valence-electron chi connectivity index (χ2n) is 7.44. The number of rotatable bonds is 6. The van der Waals surface area contributed by atoms with Gasteiger partial charge >= 0.3 is 0 Å². The summed E-state index contributed by atoms with van der Waals surface area (Å²) in [7, 11) is 1.84. The molecule has 1 aliphatic rings. The number of H-pyrrole nitrogens is 1. The minimum absolute atomic E-state index is 0.130. The number of carbonyl (C=O) groups is 2. The first-order valence-corrected chi connectivity index (χ1v) is 9.79. The molecule has 6 heteroatoms. The topological polar surface area (TPSA) is 73.5 Å². The molecule has 1 aromatic heterocycles. The summed E-state index contributed by atoms with van der Waals surface area (Å²) in [6.45, 7) is 1.95. The van der Waals surface area contributed by atoms with Gasteiger partial charge in [-0.15, -0.1) is 0 Å². The van der Waals surface area contributed by atoms with E-state index in [9.17, 15) is 14.4 Å². The SMILES string of the molecule is CN(Cc1ccccc1)C(=O)CCC1CCN(C(=O)c2cccc(=O)[nH]2)CC1. The van der Waals surface area contributed by atoms with Crippen LogP contribution in [0.5, 0.6) is 0 Å². The van der Waals surface area contributed by atoms with Crippen LogP contribution < -0.4 is 5.56 Å². The van der Waals surface area contributed by atoms with Crippen molar-refractivity contribution in [1.29, 1.82) is 0 Å². The summed E-state index contributed by atoms with van der Waals surface area (Å²) in [4.78, 5) is 42.4. The average Bonchev–Trinajstić information content (AvgIpc) is 2.72. The van der Waals surface area contributed by atoms with Gasteiger partial charge in [-0.25, -0.2) is 0 Å². The van der Waals surface area contributed by atoms with Crippen LogP contribution in [0.4, 0.5) is 0 Å². The van der Waals surface area contributed by atoms with Crippen LogP contribution in [0.25, 0.3) is 0 Å². The van der Waals surface area contributed by atoms with E-state index in [1.807, 2.05) is 37.4 Å². The third-order valence-corrected chi connectivity index (χ3v) is 5.36. The van der Waals surface area contributed by atoms with E-state index >= 15 is 0 Å². The molecule has 2 heterocycles. The van der Waals surface area contributed by atoms with Gasteiger partial charge in [0.1, 0.15) is 5.69 Å². The molecule has 0 radical (unpaired) electrons. The number of amides is 2. The smallest absolute Gasteiger partial charge is 0.270 e.